The van der Waals surface area contributed by atoms with Crippen LogP contribution in [0, 0.1) is 0 Å². The van der Waals surface area contributed by atoms with Crippen LogP contribution in [0.2, 0.25) is 0 Å². The molecular formula is C10H19NO3S. The molecule has 0 bridgehead atoms. The third-order valence-corrected chi connectivity index (χ3v) is 3.43. The molecule has 2 fully saturated rings. The Hall–Kier alpha value is 0.190. The molecule has 0 amide bonds. The Morgan fingerprint density at radius 2 is 2.13 bits per heavy atom. The summed E-state index contributed by atoms with van der Waals surface area (Å²) in [6, 6.07) is 0.475. The van der Waals surface area contributed by atoms with Crippen LogP contribution in [0.15, 0.2) is 0 Å². The molecule has 1 aliphatic carbocycles. The van der Waals surface area contributed by atoms with Gasteiger partial charge in [-0.15, -0.1) is 12.6 Å². The molecule has 2 rings (SSSR count). The second-order valence-electron chi connectivity index (χ2n) is 4.30. The lowest BCUT2D eigenvalue weighted by molar-refractivity contribution is -0.0875. The fraction of sp³-hybridized carbons (Fsp3) is 1.00. The highest BCUT2D eigenvalue weighted by Crippen LogP contribution is 2.25. The van der Waals surface area contributed by atoms with Crippen LogP contribution in [0.4, 0.5) is 0 Å². The van der Waals surface area contributed by atoms with Crippen LogP contribution in [-0.4, -0.2) is 35.4 Å². The lowest BCUT2D eigenvalue weighted by atomic mass is 10.2. The number of aliphatic hydroxyl groups excluding tert-OH is 1. The Bertz CT molecular complexity index is 199. The van der Waals surface area contributed by atoms with Gasteiger partial charge in [-0.05, 0) is 12.8 Å². The summed E-state index contributed by atoms with van der Waals surface area (Å²) in [5.74, 6) is 0. The molecule has 4 nitrogen and oxygen atoms in total. The average molecular weight is 233 g/mol. The van der Waals surface area contributed by atoms with Crippen molar-refractivity contribution < 1.29 is 14.7 Å². The number of thiol groups is 1. The van der Waals surface area contributed by atoms with Crippen LogP contribution in [-0.2, 0) is 9.57 Å². The van der Waals surface area contributed by atoms with E-state index >= 15 is 0 Å². The number of hydrogen-bond acceptors (Lipinski definition) is 5. The molecule has 2 aliphatic rings. The maximum absolute atomic E-state index is 9.08. The van der Waals surface area contributed by atoms with Gasteiger partial charge in [0.2, 0.25) is 0 Å². The highest BCUT2D eigenvalue weighted by molar-refractivity contribution is 7.80. The van der Waals surface area contributed by atoms with Gasteiger partial charge in [0.1, 0.15) is 17.6 Å². The van der Waals surface area contributed by atoms with E-state index in [2.05, 4.69) is 18.1 Å². The molecule has 0 spiro atoms. The van der Waals surface area contributed by atoms with Gasteiger partial charge in [-0.25, -0.2) is 0 Å². The zero-order valence-corrected chi connectivity index (χ0v) is 9.66. The smallest absolute Gasteiger partial charge is 0.111 e. The maximum atomic E-state index is 9.08. The monoisotopic (exact) mass is 233 g/mol. The van der Waals surface area contributed by atoms with Gasteiger partial charge in [0.15, 0.2) is 0 Å². The van der Waals surface area contributed by atoms with Crippen molar-refractivity contribution in [3.05, 3.63) is 0 Å². The maximum Gasteiger partial charge on any atom is 0.111 e. The highest BCUT2D eigenvalue weighted by Gasteiger charge is 2.34. The first kappa shape index (κ1) is 11.7. The quantitative estimate of drug-likeness (QED) is 0.498. The van der Waals surface area contributed by atoms with E-state index in [1.807, 2.05) is 0 Å². The molecule has 3 atom stereocenters. The third kappa shape index (κ3) is 3.07. The minimum absolute atomic E-state index is 0.00588. The normalized spacial score (nSPS) is 37.6. The van der Waals surface area contributed by atoms with Crippen molar-refractivity contribution in [3.63, 3.8) is 0 Å². The van der Waals surface area contributed by atoms with E-state index in [0.717, 1.165) is 6.42 Å². The Kier molecular flexibility index (Phi) is 4.28. The topological polar surface area (TPSA) is 50.7 Å². The second kappa shape index (κ2) is 5.50. The predicted octanol–water partition coefficient (Wildman–Crippen LogP) is 0.856. The molecule has 0 radical (unpaired) electrons. The van der Waals surface area contributed by atoms with Gasteiger partial charge in [0.25, 0.3) is 0 Å². The summed E-state index contributed by atoms with van der Waals surface area (Å²) in [5.41, 5.74) is 2.97. The number of rotatable bonds is 4. The van der Waals surface area contributed by atoms with Crippen molar-refractivity contribution in [3.8, 4) is 0 Å². The van der Waals surface area contributed by atoms with Gasteiger partial charge in [-0.2, -0.15) is 5.48 Å². The van der Waals surface area contributed by atoms with Crippen LogP contribution in [0.5, 0.6) is 0 Å². The van der Waals surface area contributed by atoms with Crippen molar-refractivity contribution in [2.24, 2.45) is 0 Å². The van der Waals surface area contributed by atoms with Gasteiger partial charge >= 0.3 is 0 Å². The van der Waals surface area contributed by atoms with E-state index in [1.54, 1.807) is 0 Å². The summed E-state index contributed by atoms with van der Waals surface area (Å²) in [5, 5.41) is 9.08. The molecule has 0 aromatic heterocycles. The average Bonchev–Trinajstić information content (AvgIpc) is 2.83. The number of hydrogen-bond donors (Lipinski definition) is 3. The summed E-state index contributed by atoms with van der Waals surface area (Å²) in [6.45, 7) is -0.00588. The first-order chi connectivity index (χ1) is 7.29. The Morgan fingerprint density at radius 3 is 2.80 bits per heavy atom. The van der Waals surface area contributed by atoms with Crippen molar-refractivity contribution in [2.75, 3.05) is 6.61 Å². The Morgan fingerprint density at radius 1 is 1.40 bits per heavy atom. The number of hydroxylamine groups is 1. The van der Waals surface area contributed by atoms with Crippen LogP contribution >= 0.6 is 12.6 Å². The zero-order valence-electron chi connectivity index (χ0n) is 8.76. The van der Waals surface area contributed by atoms with Crippen molar-refractivity contribution in [2.45, 2.75) is 55.8 Å². The van der Waals surface area contributed by atoms with Gasteiger partial charge in [0, 0.05) is 12.5 Å². The van der Waals surface area contributed by atoms with E-state index in [0.29, 0.717) is 6.04 Å². The van der Waals surface area contributed by atoms with E-state index in [1.165, 1.54) is 25.7 Å². The standard InChI is InChI=1S/C10H19NO3S/c12-6-9-8(5-10(15)13-9)14-11-7-3-1-2-4-7/h7-12,15H,1-6H2/t8?,9-,10+/m1/s1. The molecule has 1 heterocycles. The van der Waals surface area contributed by atoms with Crippen LogP contribution in [0.1, 0.15) is 32.1 Å². The summed E-state index contributed by atoms with van der Waals surface area (Å²) in [6.07, 6.45) is 5.35. The van der Waals surface area contributed by atoms with Crippen molar-refractivity contribution in [1.82, 2.24) is 5.48 Å². The highest BCUT2D eigenvalue weighted by atomic mass is 32.1. The fourth-order valence-electron chi connectivity index (χ4n) is 2.21. The summed E-state index contributed by atoms with van der Waals surface area (Å²) >= 11 is 4.23. The lowest BCUT2D eigenvalue weighted by Gasteiger charge is -2.19. The van der Waals surface area contributed by atoms with Gasteiger partial charge < -0.3 is 9.84 Å². The van der Waals surface area contributed by atoms with Crippen LogP contribution in [0.25, 0.3) is 0 Å². The number of aliphatic hydroxyl groups is 1. The molecule has 1 saturated heterocycles. The summed E-state index contributed by atoms with van der Waals surface area (Å²) < 4.78 is 5.39. The fourth-order valence-corrected chi connectivity index (χ4v) is 2.57. The molecule has 15 heavy (non-hydrogen) atoms. The third-order valence-electron chi connectivity index (χ3n) is 3.10. The molecule has 2 N–H and O–H groups in total. The number of ether oxygens (including phenoxy) is 1. The summed E-state index contributed by atoms with van der Waals surface area (Å²) in [4.78, 5) is 5.58. The van der Waals surface area contributed by atoms with Gasteiger partial charge in [-0.3, -0.25) is 4.84 Å². The first-order valence-corrected chi connectivity index (χ1v) is 6.17. The van der Waals surface area contributed by atoms with Crippen molar-refractivity contribution in [1.29, 1.82) is 0 Å². The van der Waals surface area contributed by atoms with Crippen molar-refractivity contribution >= 4 is 12.6 Å². The molecule has 1 unspecified atom stereocenters. The van der Waals surface area contributed by atoms with E-state index in [9.17, 15) is 0 Å². The molecule has 0 aromatic rings. The Balaban J connectivity index is 1.73. The van der Waals surface area contributed by atoms with Crippen LogP contribution < -0.4 is 5.48 Å². The molecule has 1 aliphatic heterocycles. The zero-order chi connectivity index (χ0) is 10.7. The van der Waals surface area contributed by atoms with Gasteiger partial charge in [0.05, 0.1) is 6.61 Å². The minimum Gasteiger partial charge on any atom is -0.394 e. The second-order valence-corrected chi connectivity index (χ2v) is 4.88. The molecular weight excluding hydrogens is 214 g/mol. The summed E-state index contributed by atoms with van der Waals surface area (Å²) in [7, 11) is 0. The molecule has 1 saturated carbocycles. The van der Waals surface area contributed by atoms with E-state index in [-0.39, 0.29) is 24.3 Å². The first-order valence-electron chi connectivity index (χ1n) is 5.65. The van der Waals surface area contributed by atoms with E-state index < -0.39 is 0 Å². The molecule has 88 valence electrons. The molecule has 5 heteroatoms. The van der Waals surface area contributed by atoms with Gasteiger partial charge in [-0.1, -0.05) is 12.8 Å². The molecule has 0 aromatic carbocycles. The van der Waals surface area contributed by atoms with Crippen LogP contribution in [0.3, 0.4) is 0 Å². The Labute approximate surface area is 95.7 Å². The minimum atomic E-state index is -0.235. The number of nitrogens with one attached hydrogen (secondary N) is 1. The largest absolute Gasteiger partial charge is 0.394 e. The predicted molar refractivity (Wildman–Crippen MR) is 59.6 cm³/mol. The lowest BCUT2D eigenvalue weighted by Crippen LogP contribution is -2.36. The SMILES string of the molecule is OC[C@H]1O[C@@H](S)CC1ONC1CCCC1. The van der Waals surface area contributed by atoms with E-state index in [4.69, 9.17) is 14.7 Å².